The van der Waals surface area contributed by atoms with Crippen LogP contribution in [0.4, 0.5) is 5.69 Å². The van der Waals surface area contributed by atoms with Crippen LogP contribution in [-0.4, -0.2) is 43.7 Å². The van der Waals surface area contributed by atoms with Gasteiger partial charge in [-0.15, -0.1) is 0 Å². The van der Waals surface area contributed by atoms with Crippen LogP contribution in [0.5, 0.6) is 28.7 Å². The minimum Gasteiger partial charge on any atom is -0.490 e. The normalized spacial score (nSPS) is 16.8. The first kappa shape index (κ1) is 26.5. The Morgan fingerprint density at radius 2 is 1.58 bits per heavy atom. The topological polar surface area (TPSA) is 69.3 Å². The molecule has 0 saturated heterocycles. The molecule has 2 heterocycles. The maximum absolute atomic E-state index is 13.2. The van der Waals surface area contributed by atoms with Crippen LogP contribution >= 0.6 is 23.2 Å². The summed E-state index contributed by atoms with van der Waals surface area (Å²) < 4.78 is 23.8. The van der Waals surface area contributed by atoms with Crippen molar-refractivity contribution in [2.24, 2.45) is 0 Å². The Balaban J connectivity index is 1.37. The number of carbonyl (C=O) groups is 1. The molecule has 0 aliphatic carbocycles. The van der Waals surface area contributed by atoms with Gasteiger partial charge in [0, 0.05) is 18.0 Å². The molecule has 0 saturated carbocycles. The van der Waals surface area contributed by atoms with E-state index in [2.05, 4.69) is 10.2 Å². The van der Waals surface area contributed by atoms with Gasteiger partial charge in [-0.05, 0) is 73.8 Å². The van der Waals surface area contributed by atoms with Gasteiger partial charge in [0.05, 0.1) is 37.1 Å². The first-order valence-electron chi connectivity index (χ1n) is 12.8. The lowest BCUT2D eigenvalue weighted by atomic mass is 10.1. The average Bonchev–Trinajstić information content (AvgIpc) is 3.14. The number of nitrogens with one attached hydrogen (secondary N) is 1. The standard InChI is InChI=1S/C29H30Cl2N2O5/c30-21-9-10-24-23(17-21)32-28(34)19-33(11-4-1-5-12-35-25-7-2-3-8-26(25)38-24)18-20-15-22(31)29-27(16-20)36-13-6-14-37-29/h2-3,7-10,15-17H,1,4-6,11-14,18-19H2,(H,32,34). The number of hydrogen-bond donors (Lipinski definition) is 1. The fourth-order valence-corrected chi connectivity index (χ4v) is 4.96. The summed E-state index contributed by atoms with van der Waals surface area (Å²) in [5, 5.41) is 3.99. The highest BCUT2D eigenvalue weighted by atomic mass is 35.5. The van der Waals surface area contributed by atoms with Gasteiger partial charge in [0.1, 0.15) is 0 Å². The minimum absolute atomic E-state index is 0.169. The van der Waals surface area contributed by atoms with Crippen LogP contribution < -0.4 is 24.3 Å². The number of amides is 1. The molecule has 2 aliphatic heterocycles. The molecule has 200 valence electrons. The van der Waals surface area contributed by atoms with E-state index in [9.17, 15) is 4.79 Å². The second-order valence-corrected chi connectivity index (χ2v) is 10.2. The van der Waals surface area contributed by atoms with E-state index < -0.39 is 0 Å². The predicted octanol–water partition coefficient (Wildman–Crippen LogP) is 6.95. The Morgan fingerprint density at radius 1 is 0.789 bits per heavy atom. The zero-order chi connectivity index (χ0) is 26.3. The maximum Gasteiger partial charge on any atom is 0.238 e. The van der Waals surface area contributed by atoms with Gasteiger partial charge >= 0.3 is 0 Å². The first-order chi connectivity index (χ1) is 18.5. The van der Waals surface area contributed by atoms with Gasteiger partial charge in [-0.1, -0.05) is 35.3 Å². The summed E-state index contributed by atoms with van der Waals surface area (Å²) in [6.45, 7) is 3.17. The number of carbonyl (C=O) groups excluding carboxylic acids is 1. The molecule has 9 heteroatoms. The van der Waals surface area contributed by atoms with Gasteiger partial charge in [0.25, 0.3) is 0 Å². The van der Waals surface area contributed by atoms with Crippen molar-refractivity contribution in [3.05, 3.63) is 70.2 Å². The lowest BCUT2D eigenvalue weighted by Gasteiger charge is -2.23. The lowest BCUT2D eigenvalue weighted by Crippen LogP contribution is -2.33. The highest BCUT2D eigenvalue weighted by Crippen LogP contribution is 2.39. The fraction of sp³-hybridized carbons (Fsp3) is 0.345. The van der Waals surface area contributed by atoms with E-state index in [0.29, 0.717) is 70.8 Å². The molecule has 0 aromatic heterocycles. The number of nitrogens with zero attached hydrogens (tertiary/aromatic N) is 1. The Kier molecular flexibility index (Phi) is 8.79. The number of benzene rings is 3. The Morgan fingerprint density at radius 3 is 2.47 bits per heavy atom. The summed E-state index contributed by atoms with van der Waals surface area (Å²) in [7, 11) is 0. The highest BCUT2D eigenvalue weighted by Gasteiger charge is 2.19. The van der Waals surface area contributed by atoms with Crippen LogP contribution in [0.15, 0.2) is 54.6 Å². The molecule has 0 fully saturated rings. The van der Waals surface area contributed by atoms with Crippen molar-refractivity contribution < 1.29 is 23.7 Å². The number of rotatable bonds is 2. The molecule has 0 unspecified atom stereocenters. The predicted molar refractivity (Wildman–Crippen MR) is 148 cm³/mol. The van der Waals surface area contributed by atoms with Crippen LogP contribution in [0.25, 0.3) is 0 Å². The number of hydrogen-bond acceptors (Lipinski definition) is 6. The van der Waals surface area contributed by atoms with Crippen molar-refractivity contribution in [2.75, 3.05) is 38.2 Å². The van der Waals surface area contributed by atoms with Crippen molar-refractivity contribution in [2.45, 2.75) is 32.2 Å². The second-order valence-electron chi connectivity index (χ2n) is 9.31. The summed E-state index contributed by atoms with van der Waals surface area (Å²) >= 11 is 12.8. The van der Waals surface area contributed by atoms with E-state index in [4.69, 9.17) is 42.1 Å². The Labute approximate surface area is 232 Å². The zero-order valence-corrected chi connectivity index (χ0v) is 22.5. The molecule has 38 heavy (non-hydrogen) atoms. The van der Waals surface area contributed by atoms with Crippen molar-refractivity contribution in [3.8, 4) is 28.7 Å². The molecule has 2 aliphatic rings. The first-order valence-corrected chi connectivity index (χ1v) is 13.6. The third-order valence-electron chi connectivity index (χ3n) is 6.30. The molecular formula is C29H30Cl2N2O5. The summed E-state index contributed by atoms with van der Waals surface area (Å²) in [5.74, 6) is 2.77. The highest BCUT2D eigenvalue weighted by molar-refractivity contribution is 6.32. The van der Waals surface area contributed by atoms with Crippen molar-refractivity contribution in [1.82, 2.24) is 4.90 Å². The molecular weight excluding hydrogens is 527 g/mol. The Bertz CT molecular complexity index is 1290. The van der Waals surface area contributed by atoms with Crippen LogP contribution in [-0.2, 0) is 11.3 Å². The van der Waals surface area contributed by atoms with E-state index in [-0.39, 0.29) is 12.5 Å². The number of ether oxygens (including phenoxy) is 4. The van der Waals surface area contributed by atoms with Gasteiger partial charge in [-0.3, -0.25) is 9.69 Å². The second kappa shape index (κ2) is 12.6. The van der Waals surface area contributed by atoms with Crippen LogP contribution in [0.3, 0.4) is 0 Å². The van der Waals surface area contributed by atoms with Crippen molar-refractivity contribution in [1.29, 1.82) is 0 Å². The van der Waals surface area contributed by atoms with Gasteiger partial charge in [-0.25, -0.2) is 0 Å². The molecule has 0 bridgehead atoms. The van der Waals surface area contributed by atoms with E-state index >= 15 is 0 Å². The van der Waals surface area contributed by atoms with Gasteiger partial charge in [-0.2, -0.15) is 0 Å². The molecule has 1 amide bonds. The molecule has 0 atom stereocenters. The third kappa shape index (κ3) is 6.84. The van der Waals surface area contributed by atoms with Crippen LogP contribution in [0, 0.1) is 0 Å². The van der Waals surface area contributed by atoms with E-state index in [1.807, 2.05) is 36.4 Å². The molecule has 5 rings (SSSR count). The molecule has 0 spiro atoms. The van der Waals surface area contributed by atoms with Crippen LogP contribution in [0.1, 0.15) is 31.2 Å². The SMILES string of the molecule is O=C1CN(Cc2cc(Cl)c3c(c2)OCCCO3)CCCCCOc2ccccc2Oc2ccc(Cl)cc2N1. The van der Waals surface area contributed by atoms with Crippen molar-refractivity contribution >= 4 is 34.8 Å². The van der Waals surface area contributed by atoms with E-state index in [1.54, 1.807) is 18.2 Å². The average molecular weight is 557 g/mol. The van der Waals surface area contributed by atoms with Gasteiger partial charge in [0.15, 0.2) is 28.7 Å². The quantitative estimate of drug-likeness (QED) is 0.368. The van der Waals surface area contributed by atoms with E-state index in [0.717, 1.165) is 37.8 Å². The molecule has 0 radical (unpaired) electrons. The summed E-state index contributed by atoms with van der Waals surface area (Å²) in [5.41, 5.74) is 1.45. The minimum atomic E-state index is -0.169. The molecule has 3 aromatic carbocycles. The van der Waals surface area contributed by atoms with Gasteiger partial charge < -0.3 is 24.3 Å². The largest absolute Gasteiger partial charge is 0.490 e. The van der Waals surface area contributed by atoms with Gasteiger partial charge in [0.2, 0.25) is 5.91 Å². The van der Waals surface area contributed by atoms with Crippen LogP contribution in [0.2, 0.25) is 10.0 Å². The maximum atomic E-state index is 13.2. The summed E-state index contributed by atoms with van der Waals surface area (Å²) in [6, 6.07) is 16.5. The number of para-hydroxylation sites is 2. The van der Waals surface area contributed by atoms with Crippen molar-refractivity contribution in [3.63, 3.8) is 0 Å². The zero-order valence-electron chi connectivity index (χ0n) is 21.0. The Hall–Kier alpha value is -3.13. The molecule has 3 aromatic rings. The third-order valence-corrected chi connectivity index (χ3v) is 6.81. The summed E-state index contributed by atoms with van der Waals surface area (Å²) in [4.78, 5) is 15.3. The number of halogens is 2. The smallest absolute Gasteiger partial charge is 0.238 e. The molecule has 7 nitrogen and oxygen atoms in total. The monoisotopic (exact) mass is 556 g/mol. The fourth-order valence-electron chi connectivity index (χ4n) is 4.50. The molecule has 1 N–H and O–H groups in total. The summed E-state index contributed by atoms with van der Waals surface area (Å²) in [6.07, 6.45) is 3.56. The number of fused-ring (bicyclic) bond motifs is 3. The number of anilines is 1. The van der Waals surface area contributed by atoms with E-state index in [1.165, 1.54) is 0 Å². The lowest BCUT2D eigenvalue weighted by molar-refractivity contribution is -0.117.